The zero-order chi connectivity index (χ0) is 60.3. The standard InChI is InChI=1S/C31H28ClF2N5O3Si.C31H26ClFN6O3/c1-19(40)24-15-38(26-9-7-20(11-23(24)26)8-10-28-35-13-22(33)14-36-28)16-29(41)39-18-43(2,3)17-27(39)31(42)37-12-21-5-4-6-25(32)30(21)34;32-24-8-4-7-22(28(24)33)18-35-29(40)25-13-14-36-15-16-37(31(42)39(25)36)27-19-38(30(34)41)26-17-21(11-12-23(26)27)10-9-20-5-2-1-3-6-20/h4-7,9,11,13-15,27H,12,16-18H2,1-3H3,(H,37,42);1-8,11-12,17,19,25,27H,13-16,18H2,(H2-,34,35,40,41)/p+1/t27-;25-,27?/m00/s1. The first-order chi connectivity index (χ1) is 40.7. The van der Waals surface area contributed by atoms with E-state index in [0.29, 0.717) is 71.5 Å². The van der Waals surface area contributed by atoms with Gasteiger partial charge in [0.05, 0.1) is 30.5 Å². The first-order valence-electron chi connectivity index (χ1n) is 27.1. The monoisotopic (exact) mass is 1200 g/mol. The van der Waals surface area contributed by atoms with Gasteiger partial charge in [0.1, 0.15) is 48.2 Å². The Hall–Kier alpha value is -9.12. The van der Waals surface area contributed by atoms with E-state index >= 15 is 0 Å². The van der Waals surface area contributed by atoms with E-state index in [4.69, 9.17) is 28.9 Å². The summed E-state index contributed by atoms with van der Waals surface area (Å²) < 4.78 is 44.8. The summed E-state index contributed by atoms with van der Waals surface area (Å²) in [6.07, 6.45) is 6.26. The minimum atomic E-state index is -1.91. The number of aromatic nitrogens is 3. The molecular formula is C62H55Cl2F3N11O6Si+. The van der Waals surface area contributed by atoms with Gasteiger partial charge in [-0.2, -0.15) is 9.37 Å². The number of nitrogens with one attached hydrogen (secondary N) is 2. The van der Waals surface area contributed by atoms with Crippen molar-refractivity contribution in [2.75, 3.05) is 25.8 Å². The van der Waals surface area contributed by atoms with Crippen molar-refractivity contribution < 1.29 is 46.5 Å². The number of fused-ring (bicyclic) bond motifs is 3. The molecule has 4 aliphatic rings. The van der Waals surface area contributed by atoms with Gasteiger partial charge >= 0.3 is 12.1 Å². The summed E-state index contributed by atoms with van der Waals surface area (Å²) in [5.41, 5.74) is 10.8. The largest absolute Gasteiger partial charge is 0.493 e. The smallest absolute Gasteiger partial charge is 0.350 e. The van der Waals surface area contributed by atoms with Gasteiger partial charge in [-0.3, -0.25) is 24.9 Å². The molecule has 1 unspecified atom stereocenters. The number of carbonyl (C=O) groups is 6. The molecule has 3 atom stereocenters. The lowest BCUT2D eigenvalue weighted by Crippen LogP contribution is -2.61. The third-order valence-corrected chi connectivity index (χ3v) is 18.3. The Morgan fingerprint density at radius 3 is 2.04 bits per heavy atom. The lowest BCUT2D eigenvalue weighted by molar-refractivity contribution is -0.321. The number of Topliss-reactive ketones (excluding diaryl/α,β-unsaturated/α-hetero) is 1. The van der Waals surface area contributed by atoms with Crippen LogP contribution in [0.15, 0.2) is 122 Å². The number of primary amides is 1. The number of benzene rings is 5. The average molecular weight is 1210 g/mol. The predicted molar refractivity (Wildman–Crippen MR) is 315 cm³/mol. The van der Waals surface area contributed by atoms with Gasteiger partial charge in [-0.1, -0.05) is 103 Å². The van der Waals surface area contributed by atoms with Gasteiger partial charge in [0.2, 0.25) is 23.5 Å². The number of carbonyl (C=O) groups excluding carboxylic acids is 6. The fourth-order valence-corrected chi connectivity index (χ4v) is 14.2. The minimum Gasteiger partial charge on any atom is -0.350 e. The second kappa shape index (κ2) is 25.0. The molecule has 11 rings (SSSR count). The molecule has 0 bridgehead atoms. The van der Waals surface area contributed by atoms with Crippen LogP contribution in [0.25, 0.3) is 10.9 Å². The molecule has 4 N–H and O–H groups in total. The number of nitrogens with zero attached hydrogens (tertiary/aromatic N) is 8. The molecule has 7 aromatic rings. The van der Waals surface area contributed by atoms with E-state index < -0.39 is 49.7 Å². The van der Waals surface area contributed by atoms with Crippen LogP contribution in [-0.4, -0.2) is 127 Å². The van der Waals surface area contributed by atoms with Crippen molar-refractivity contribution in [3.63, 3.8) is 0 Å². The van der Waals surface area contributed by atoms with Crippen molar-refractivity contribution in [3.8, 4) is 23.7 Å². The predicted octanol–water partition coefficient (Wildman–Crippen LogP) is 8.51. The summed E-state index contributed by atoms with van der Waals surface area (Å²) in [5, 5.41) is 9.42. The third-order valence-electron chi connectivity index (χ3n) is 15.0. The van der Waals surface area contributed by atoms with E-state index in [0.717, 1.165) is 23.5 Å². The zero-order valence-corrected chi connectivity index (χ0v) is 48.7. The molecule has 4 aliphatic heterocycles. The van der Waals surface area contributed by atoms with Crippen molar-refractivity contribution >= 4 is 89.6 Å². The summed E-state index contributed by atoms with van der Waals surface area (Å²) in [4.78, 5) is 89.8. The van der Waals surface area contributed by atoms with Crippen LogP contribution in [-0.2, 0) is 34.0 Å². The Kier molecular flexibility index (Phi) is 17.4. The maximum atomic E-state index is 14.4. The van der Waals surface area contributed by atoms with E-state index in [-0.39, 0.29) is 76.2 Å². The summed E-state index contributed by atoms with van der Waals surface area (Å²) in [6.45, 7) is 6.94. The van der Waals surface area contributed by atoms with Gasteiger partial charge < -0.3 is 25.0 Å². The first kappa shape index (κ1) is 59.1. The Labute approximate surface area is 498 Å². The number of rotatable bonds is 10. The molecule has 3 saturated heterocycles. The highest BCUT2D eigenvalue weighted by Crippen LogP contribution is 2.38. The van der Waals surface area contributed by atoms with Crippen molar-refractivity contribution in [1.82, 2.24) is 45.0 Å². The van der Waals surface area contributed by atoms with Crippen molar-refractivity contribution in [3.05, 3.63) is 194 Å². The molecule has 17 nitrogen and oxygen atoms in total. The molecule has 0 radical (unpaired) electrons. The number of halogens is 5. The Morgan fingerprint density at radius 2 is 1.38 bits per heavy atom. The topological polar surface area (TPSA) is 199 Å². The van der Waals surface area contributed by atoms with Crippen LogP contribution in [0.2, 0.25) is 29.2 Å². The van der Waals surface area contributed by atoms with Crippen LogP contribution in [0.5, 0.6) is 0 Å². The maximum Gasteiger partial charge on any atom is 0.493 e. The van der Waals surface area contributed by atoms with Crippen molar-refractivity contribution in [2.24, 2.45) is 5.73 Å². The second-order valence-corrected chi connectivity index (χ2v) is 27.3. The average Bonchev–Trinajstić information content (AvgIpc) is 2.66. The van der Waals surface area contributed by atoms with Crippen LogP contribution in [0.4, 0.5) is 28.4 Å². The summed E-state index contributed by atoms with van der Waals surface area (Å²) in [5.74, 6) is 9.19. The molecule has 432 valence electrons. The molecular weight excluding hydrogens is 1150 g/mol. The highest BCUT2D eigenvalue weighted by molar-refractivity contribution is 6.79. The molecule has 85 heavy (non-hydrogen) atoms. The SMILES string of the molecule is CC(=O)c1cn(CC(=O)N2C[Si](C)(C)C[C@H]2C(=O)NCc2cccc(Cl)c2F)c2ccc(C#Cc3ncc(F)cn3)cc12.NC(=O)[N+]1=CC(N2CCN3CC[C@@H](C(=O)NCc4cccc(Cl)c4F)N3C2=O)c2ccc(C#Cc3ccccc3)cc21. The number of hydrogen-bond donors (Lipinski definition) is 3. The van der Waals surface area contributed by atoms with Gasteiger partial charge in [0.15, 0.2) is 11.6 Å². The van der Waals surface area contributed by atoms with E-state index in [1.54, 1.807) is 75.3 Å². The molecule has 5 aromatic carbocycles. The number of urea groups is 2. The van der Waals surface area contributed by atoms with Gasteiger partial charge in [-0.05, 0) is 73.8 Å². The molecule has 23 heteroatoms. The van der Waals surface area contributed by atoms with E-state index in [9.17, 15) is 41.9 Å². The van der Waals surface area contributed by atoms with E-state index in [2.05, 4.69) is 57.4 Å². The van der Waals surface area contributed by atoms with Crippen LogP contribution in [0.1, 0.15) is 68.9 Å². The summed E-state index contributed by atoms with van der Waals surface area (Å²) in [7, 11) is -1.91. The first-order valence-corrected chi connectivity index (χ1v) is 31.2. The fourth-order valence-electron chi connectivity index (χ4n) is 10.9. The molecule has 7 amide bonds. The lowest BCUT2D eigenvalue weighted by Gasteiger charge is -2.42. The minimum absolute atomic E-state index is 0.0240. The lowest BCUT2D eigenvalue weighted by atomic mass is 10.0. The number of hydrogen-bond acceptors (Lipinski definition) is 9. The quantitative estimate of drug-likeness (QED) is 0.0520. The highest BCUT2D eigenvalue weighted by Gasteiger charge is 2.48. The van der Waals surface area contributed by atoms with Crippen LogP contribution < -0.4 is 16.4 Å². The normalized spacial score (nSPS) is 17.6. The van der Waals surface area contributed by atoms with Crippen LogP contribution >= 0.6 is 23.2 Å². The maximum absolute atomic E-state index is 14.4. The van der Waals surface area contributed by atoms with Crippen LogP contribution in [0, 0.1) is 41.1 Å². The van der Waals surface area contributed by atoms with Crippen molar-refractivity contribution in [2.45, 2.75) is 70.2 Å². The Bertz CT molecular complexity index is 4010. The van der Waals surface area contributed by atoms with Gasteiger partial charge in [0, 0.05) is 101 Å². The van der Waals surface area contributed by atoms with E-state index in [1.807, 2.05) is 47.5 Å². The molecule has 0 spiro atoms. The zero-order valence-electron chi connectivity index (χ0n) is 46.2. The molecule has 2 aromatic heterocycles. The number of ketones is 1. The van der Waals surface area contributed by atoms with Gasteiger partial charge in [-0.15, -0.1) is 0 Å². The number of hydrazine groups is 1. The molecule has 0 saturated carbocycles. The number of nitrogens with two attached hydrogens (primary N) is 1. The van der Waals surface area contributed by atoms with Crippen molar-refractivity contribution in [1.29, 1.82) is 0 Å². The number of amides is 7. The Balaban J connectivity index is 0.000000189. The highest BCUT2D eigenvalue weighted by atomic mass is 35.5. The summed E-state index contributed by atoms with van der Waals surface area (Å²) in [6, 6.07) is 27.0. The third kappa shape index (κ3) is 13.0. The van der Waals surface area contributed by atoms with Gasteiger partial charge in [-0.25, -0.2) is 38.0 Å². The molecule has 0 aliphatic carbocycles. The van der Waals surface area contributed by atoms with Gasteiger partial charge in [0.25, 0.3) is 0 Å². The Morgan fingerprint density at radius 1 is 0.753 bits per heavy atom. The van der Waals surface area contributed by atoms with Crippen LogP contribution in [0.3, 0.4) is 0 Å². The molecule has 3 fully saturated rings. The van der Waals surface area contributed by atoms with E-state index in [1.165, 1.54) is 28.6 Å². The summed E-state index contributed by atoms with van der Waals surface area (Å²) >= 11 is 11.7. The second-order valence-electron chi connectivity index (χ2n) is 21.5. The molecule has 6 heterocycles. The fraction of sp³-hybridized carbons (Fsp3) is 0.242.